The summed E-state index contributed by atoms with van der Waals surface area (Å²) < 4.78 is 5.15. The molecular weight excluding hydrogens is 398 g/mol. The zero-order valence-corrected chi connectivity index (χ0v) is 18.2. The first-order valence-corrected chi connectivity index (χ1v) is 11.2. The van der Waals surface area contributed by atoms with Crippen LogP contribution in [0, 0.1) is 6.92 Å². The lowest BCUT2D eigenvalue weighted by atomic mass is 10.0. The Kier molecular flexibility index (Phi) is 5.90. The lowest BCUT2D eigenvalue weighted by Crippen LogP contribution is -2.54. The van der Waals surface area contributed by atoms with E-state index in [0.29, 0.717) is 13.1 Å². The quantitative estimate of drug-likeness (QED) is 0.800. The van der Waals surface area contributed by atoms with E-state index in [2.05, 4.69) is 5.32 Å². The predicted octanol–water partition coefficient (Wildman–Crippen LogP) is 4.22. The minimum atomic E-state index is -0.209. The number of rotatable bonds is 3. The van der Waals surface area contributed by atoms with E-state index in [1.54, 1.807) is 7.11 Å². The number of thioether (sulfide) groups is 1. The second-order valence-electron chi connectivity index (χ2n) is 7.76. The van der Waals surface area contributed by atoms with Crippen molar-refractivity contribution in [1.82, 2.24) is 9.80 Å². The summed E-state index contributed by atoms with van der Waals surface area (Å²) in [6, 6.07) is 15.0. The van der Waals surface area contributed by atoms with Gasteiger partial charge in [0.15, 0.2) is 0 Å². The minimum absolute atomic E-state index is 0.0936. The van der Waals surface area contributed by atoms with Crippen molar-refractivity contribution >= 4 is 29.4 Å². The summed E-state index contributed by atoms with van der Waals surface area (Å²) in [5, 5.41) is 2.95. The second kappa shape index (κ2) is 8.60. The number of piperidine rings is 1. The third kappa shape index (κ3) is 4.12. The molecule has 0 atom stereocenters. The molecule has 2 aliphatic rings. The molecule has 0 saturated carbocycles. The van der Waals surface area contributed by atoms with Gasteiger partial charge in [-0.05, 0) is 56.2 Å². The molecule has 1 N–H and O–H groups in total. The van der Waals surface area contributed by atoms with Crippen LogP contribution in [0.1, 0.15) is 28.8 Å². The lowest BCUT2D eigenvalue weighted by molar-refractivity contribution is 0.0585. The molecule has 2 fully saturated rings. The second-order valence-corrected chi connectivity index (χ2v) is 9.22. The summed E-state index contributed by atoms with van der Waals surface area (Å²) >= 11 is 1.85. The van der Waals surface area contributed by atoms with Gasteiger partial charge in [-0.15, -0.1) is 11.8 Å². The average molecular weight is 426 g/mol. The van der Waals surface area contributed by atoms with Crippen molar-refractivity contribution in [2.75, 3.05) is 37.8 Å². The molecule has 0 bridgehead atoms. The third-order valence-electron chi connectivity index (χ3n) is 5.89. The highest BCUT2D eigenvalue weighted by Gasteiger charge is 2.47. The van der Waals surface area contributed by atoms with E-state index in [-0.39, 0.29) is 16.8 Å². The van der Waals surface area contributed by atoms with E-state index < -0.39 is 0 Å². The fourth-order valence-corrected chi connectivity index (χ4v) is 5.55. The number of methoxy groups -OCH3 is 1. The van der Waals surface area contributed by atoms with E-state index in [1.165, 1.54) is 0 Å². The Bertz CT molecular complexity index is 906. The van der Waals surface area contributed by atoms with Gasteiger partial charge in [0, 0.05) is 36.6 Å². The molecule has 7 heteroatoms. The normalized spacial score (nSPS) is 17.8. The number of benzene rings is 2. The van der Waals surface area contributed by atoms with Gasteiger partial charge in [0.25, 0.3) is 5.91 Å². The van der Waals surface area contributed by atoms with Gasteiger partial charge in [-0.2, -0.15) is 0 Å². The SMILES string of the molecule is COc1ccc(NC(=O)N2CCC3(CC2)SCCN3C(=O)c2ccc(C)cc2)cc1. The summed E-state index contributed by atoms with van der Waals surface area (Å²) in [6.45, 7) is 4.04. The number of aryl methyl sites for hydroxylation is 1. The van der Waals surface area contributed by atoms with E-state index >= 15 is 0 Å². The fraction of sp³-hybridized carbons (Fsp3) is 0.391. The molecule has 6 nitrogen and oxygen atoms in total. The van der Waals surface area contributed by atoms with Gasteiger partial charge in [-0.3, -0.25) is 4.79 Å². The first-order chi connectivity index (χ1) is 14.5. The van der Waals surface area contributed by atoms with Crippen molar-refractivity contribution in [3.05, 3.63) is 59.7 Å². The molecular formula is C23H27N3O3S. The Balaban J connectivity index is 1.38. The van der Waals surface area contributed by atoms with Crippen LogP contribution in [-0.4, -0.2) is 59.1 Å². The van der Waals surface area contributed by atoms with Gasteiger partial charge < -0.3 is 19.9 Å². The molecule has 0 radical (unpaired) electrons. The highest BCUT2D eigenvalue weighted by atomic mass is 32.2. The zero-order chi connectivity index (χ0) is 21.1. The third-order valence-corrected chi connectivity index (χ3v) is 7.45. The van der Waals surface area contributed by atoms with E-state index in [4.69, 9.17) is 4.74 Å². The van der Waals surface area contributed by atoms with Gasteiger partial charge in [0.05, 0.1) is 12.0 Å². The van der Waals surface area contributed by atoms with Crippen molar-refractivity contribution in [1.29, 1.82) is 0 Å². The number of likely N-dealkylation sites (tertiary alicyclic amines) is 1. The van der Waals surface area contributed by atoms with Crippen LogP contribution < -0.4 is 10.1 Å². The molecule has 2 aromatic carbocycles. The number of urea groups is 1. The number of hydrogen-bond acceptors (Lipinski definition) is 4. The number of anilines is 1. The fourth-order valence-electron chi connectivity index (χ4n) is 4.10. The van der Waals surface area contributed by atoms with Gasteiger partial charge in [0.2, 0.25) is 0 Å². The van der Waals surface area contributed by atoms with Gasteiger partial charge in [0.1, 0.15) is 5.75 Å². The van der Waals surface area contributed by atoms with Crippen LogP contribution in [0.15, 0.2) is 48.5 Å². The Morgan fingerprint density at radius 1 is 1.00 bits per heavy atom. The molecule has 158 valence electrons. The standard InChI is InChI=1S/C23H27N3O3S/c1-17-3-5-18(6-4-17)21(27)26-15-16-30-23(26)11-13-25(14-12-23)22(28)24-19-7-9-20(29-2)10-8-19/h3-10H,11-16H2,1-2H3,(H,24,28). The smallest absolute Gasteiger partial charge is 0.321 e. The first kappa shape index (κ1) is 20.6. The largest absolute Gasteiger partial charge is 0.497 e. The zero-order valence-electron chi connectivity index (χ0n) is 17.4. The van der Waals surface area contributed by atoms with Crippen LogP contribution in [0.25, 0.3) is 0 Å². The Morgan fingerprint density at radius 3 is 2.30 bits per heavy atom. The highest BCUT2D eigenvalue weighted by molar-refractivity contribution is 8.00. The molecule has 4 rings (SSSR count). The van der Waals surface area contributed by atoms with Crippen molar-refractivity contribution in [3.8, 4) is 5.75 Å². The molecule has 0 aliphatic carbocycles. The number of nitrogens with zero attached hydrogens (tertiary/aromatic N) is 2. The van der Waals surface area contributed by atoms with Gasteiger partial charge in [-0.1, -0.05) is 17.7 Å². The first-order valence-electron chi connectivity index (χ1n) is 10.2. The van der Waals surface area contributed by atoms with Crippen LogP contribution in [0.2, 0.25) is 0 Å². The molecule has 0 unspecified atom stereocenters. The maximum Gasteiger partial charge on any atom is 0.321 e. The number of hydrogen-bond donors (Lipinski definition) is 1. The Labute approximate surface area is 181 Å². The molecule has 3 amide bonds. The molecule has 2 aliphatic heterocycles. The maximum absolute atomic E-state index is 13.2. The summed E-state index contributed by atoms with van der Waals surface area (Å²) in [4.78, 5) is 29.5. The van der Waals surface area contributed by atoms with Crippen molar-refractivity contribution < 1.29 is 14.3 Å². The number of ether oxygens (including phenoxy) is 1. The molecule has 1 spiro atoms. The summed E-state index contributed by atoms with van der Waals surface area (Å²) in [6.07, 6.45) is 1.57. The Hall–Kier alpha value is -2.67. The average Bonchev–Trinajstić information content (AvgIpc) is 3.17. The van der Waals surface area contributed by atoms with E-state index in [9.17, 15) is 9.59 Å². The molecule has 2 saturated heterocycles. The predicted molar refractivity (Wildman–Crippen MR) is 120 cm³/mol. The van der Waals surface area contributed by atoms with Crippen LogP contribution in [0.3, 0.4) is 0 Å². The number of carbonyl (C=O) groups excluding carboxylic acids is 2. The number of carbonyl (C=O) groups is 2. The highest BCUT2D eigenvalue weighted by Crippen LogP contribution is 2.44. The van der Waals surface area contributed by atoms with Crippen LogP contribution in [0.4, 0.5) is 10.5 Å². The monoisotopic (exact) mass is 425 g/mol. The van der Waals surface area contributed by atoms with Crippen LogP contribution in [0.5, 0.6) is 5.75 Å². The number of nitrogens with one attached hydrogen (secondary N) is 1. The van der Waals surface area contributed by atoms with Gasteiger partial charge >= 0.3 is 6.03 Å². The van der Waals surface area contributed by atoms with Crippen LogP contribution in [-0.2, 0) is 0 Å². The van der Waals surface area contributed by atoms with E-state index in [1.807, 2.05) is 77.0 Å². The lowest BCUT2D eigenvalue weighted by Gasteiger charge is -2.44. The summed E-state index contributed by atoms with van der Waals surface area (Å²) in [7, 11) is 1.62. The molecule has 2 heterocycles. The summed E-state index contributed by atoms with van der Waals surface area (Å²) in [5.74, 6) is 1.79. The number of amides is 3. The van der Waals surface area contributed by atoms with Crippen molar-refractivity contribution in [2.24, 2.45) is 0 Å². The molecule has 2 aromatic rings. The van der Waals surface area contributed by atoms with Gasteiger partial charge in [-0.25, -0.2) is 4.79 Å². The maximum atomic E-state index is 13.2. The minimum Gasteiger partial charge on any atom is -0.497 e. The van der Waals surface area contributed by atoms with E-state index in [0.717, 1.165) is 47.7 Å². The Morgan fingerprint density at radius 2 is 1.67 bits per heavy atom. The van der Waals surface area contributed by atoms with Crippen molar-refractivity contribution in [3.63, 3.8) is 0 Å². The van der Waals surface area contributed by atoms with Crippen molar-refractivity contribution in [2.45, 2.75) is 24.6 Å². The topological polar surface area (TPSA) is 61.9 Å². The molecule has 30 heavy (non-hydrogen) atoms. The van der Waals surface area contributed by atoms with Crippen LogP contribution >= 0.6 is 11.8 Å². The summed E-state index contributed by atoms with van der Waals surface area (Å²) in [5.41, 5.74) is 2.63. The molecule has 0 aromatic heterocycles.